The van der Waals surface area contributed by atoms with Gasteiger partial charge in [0, 0.05) is 18.2 Å². The van der Waals surface area contributed by atoms with E-state index in [1.54, 1.807) is 6.92 Å². The number of nitro groups is 1. The highest BCUT2D eigenvalue weighted by Crippen LogP contribution is 2.11. The van der Waals surface area contributed by atoms with Crippen molar-refractivity contribution in [2.45, 2.75) is 13.3 Å². The summed E-state index contributed by atoms with van der Waals surface area (Å²) in [6.07, 6.45) is 1.40. The molecule has 0 bridgehead atoms. The molecule has 0 saturated carbocycles. The van der Waals surface area contributed by atoms with Crippen molar-refractivity contribution in [2.24, 2.45) is 5.92 Å². The van der Waals surface area contributed by atoms with Crippen molar-refractivity contribution in [3.63, 3.8) is 0 Å². The van der Waals surface area contributed by atoms with E-state index in [9.17, 15) is 14.9 Å². The molecule has 0 aromatic carbocycles. The number of carboxylic acid groups (broad SMARTS) is 1. The minimum atomic E-state index is -0.907. The van der Waals surface area contributed by atoms with Gasteiger partial charge in [0.05, 0.1) is 10.8 Å². The van der Waals surface area contributed by atoms with E-state index in [1.165, 1.54) is 12.1 Å². The van der Waals surface area contributed by atoms with Gasteiger partial charge in [-0.15, -0.1) is 0 Å². The van der Waals surface area contributed by atoms with Crippen LogP contribution in [0.5, 0.6) is 0 Å². The van der Waals surface area contributed by atoms with Crippen molar-refractivity contribution >= 4 is 11.7 Å². The van der Waals surface area contributed by atoms with Crippen LogP contribution in [0.3, 0.4) is 0 Å². The second kappa shape index (κ2) is 4.50. The maximum atomic E-state index is 10.5. The topological polar surface area (TPSA) is 93.3 Å². The Kier molecular flexibility index (Phi) is 3.33. The van der Waals surface area contributed by atoms with E-state index < -0.39 is 16.8 Å². The molecule has 80 valence electrons. The van der Waals surface area contributed by atoms with Crippen LogP contribution in [0.2, 0.25) is 0 Å². The Bertz CT molecular complexity index is 374. The molecule has 6 nitrogen and oxygen atoms in total. The van der Waals surface area contributed by atoms with Crippen LogP contribution in [0.25, 0.3) is 0 Å². The second-order valence-electron chi connectivity index (χ2n) is 3.21. The number of nitrogens with zero attached hydrogens (tertiary/aromatic N) is 2. The van der Waals surface area contributed by atoms with Crippen LogP contribution < -0.4 is 0 Å². The Labute approximate surface area is 85.7 Å². The first-order chi connectivity index (χ1) is 7.00. The smallest absolute Gasteiger partial charge is 0.306 e. The third-order valence-corrected chi connectivity index (χ3v) is 1.96. The highest BCUT2D eigenvalue weighted by molar-refractivity contribution is 5.69. The van der Waals surface area contributed by atoms with Gasteiger partial charge in [-0.3, -0.25) is 19.9 Å². The van der Waals surface area contributed by atoms with Gasteiger partial charge >= 0.3 is 5.97 Å². The summed E-state index contributed by atoms with van der Waals surface area (Å²) in [6.45, 7) is 1.56. The molecule has 15 heavy (non-hydrogen) atoms. The van der Waals surface area contributed by atoms with Gasteiger partial charge in [0.1, 0.15) is 6.20 Å². The normalized spacial score (nSPS) is 12.1. The molecule has 1 N–H and O–H groups in total. The molecular weight excluding hydrogens is 200 g/mol. The Morgan fingerprint density at radius 1 is 1.67 bits per heavy atom. The Balaban J connectivity index is 2.72. The maximum absolute atomic E-state index is 10.5. The quantitative estimate of drug-likeness (QED) is 0.596. The summed E-state index contributed by atoms with van der Waals surface area (Å²) in [7, 11) is 0. The predicted molar refractivity (Wildman–Crippen MR) is 51.4 cm³/mol. The minimum Gasteiger partial charge on any atom is -0.481 e. The first kappa shape index (κ1) is 11.1. The summed E-state index contributed by atoms with van der Waals surface area (Å²) >= 11 is 0. The van der Waals surface area contributed by atoms with Gasteiger partial charge in [-0.2, -0.15) is 0 Å². The lowest BCUT2D eigenvalue weighted by molar-refractivity contribution is -0.385. The van der Waals surface area contributed by atoms with E-state index in [4.69, 9.17) is 5.11 Å². The average Bonchev–Trinajstić information content (AvgIpc) is 2.18. The Hall–Kier alpha value is -1.98. The van der Waals surface area contributed by atoms with Crippen molar-refractivity contribution < 1.29 is 14.8 Å². The first-order valence-corrected chi connectivity index (χ1v) is 4.33. The number of rotatable bonds is 4. The van der Waals surface area contributed by atoms with E-state index in [0.717, 1.165) is 6.20 Å². The Morgan fingerprint density at radius 3 is 2.73 bits per heavy atom. The highest BCUT2D eigenvalue weighted by Gasteiger charge is 2.13. The molecular formula is C9H10N2O4. The van der Waals surface area contributed by atoms with Gasteiger partial charge in [0.2, 0.25) is 0 Å². The van der Waals surface area contributed by atoms with E-state index >= 15 is 0 Å². The third kappa shape index (κ3) is 3.01. The SMILES string of the molecule is CC(Cc1ccc([N+](=O)[O-])cn1)C(=O)O. The van der Waals surface area contributed by atoms with E-state index in [0.29, 0.717) is 5.69 Å². The zero-order valence-corrected chi connectivity index (χ0v) is 8.08. The van der Waals surface area contributed by atoms with E-state index in [-0.39, 0.29) is 12.1 Å². The number of hydrogen-bond donors (Lipinski definition) is 1. The van der Waals surface area contributed by atoms with Crippen LogP contribution in [0.1, 0.15) is 12.6 Å². The zero-order chi connectivity index (χ0) is 11.4. The van der Waals surface area contributed by atoms with Gasteiger partial charge in [-0.05, 0) is 6.07 Å². The third-order valence-electron chi connectivity index (χ3n) is 1.96. The molecule has 0 aliphatic heterocycles. The zero-order valence-electron chi connectivity index (χ0n) is 8.08. The number of carbonyl (C=O) groups is 1. The molecule has 0 amide bonds. The van der Waals surface area contributed by atoms with Gasteiger partial charge in [-0.1, -0.05) is 6.92 Å². The van der Waals surface area contributed by atoms with Crippen LogP contribution in [0, 0.1) is 16.0 Å². The first-order valence-electron chi connectivity index (χ1n) is 4.33. The summed E-state index contributed by atoms with van der Waals surface area (Å²) in [5.74, 6) is -1.45. The number of pyridine rings is 1. The maximum Gasteiger partial charge on any atom is 0.306 e. The van der Waals surface area contributed by atoms with Crippen LogP contribution in [-0.2, 0) is 11.2 Å². The largest absolute Gasteiger partial charge is 0.481 e. The van der Waals surface area contributed by atoms with E-state index in [1.807, 2.05) is 0 Å². The summed E-state index contributed by atoms with van der Waals surface area (Å²) in [6, 6.07) is 2.79. The van der Waals surface area contributed by atoms with Crippen LogP contribution in [0.15, 0.2) is 18.3 Å². The van der Waals surface area contributed by atoms with Crippen molar-refractivity contribution in [1.29, 1.82) is 0 Å². The van der Waals surface area contributed by atoms with E-state index in [2.05, 4.69) is 4.98 Å². The molecule has 1 atom stereocenters. The van der Waals surface area contributed by atoms with Gasteiger partial charge in [-0.25, -0.2) is 0 Å². The van der Waals surface area contributed by atoms with Crippen LogP contribution in [-0.4, -0.2) is 21.0 Å². The molecule has 1 rings (SSSR count). The summed E-state index contributed by atoms with van der Waals surface area (Å²) in [4.78, 5) is 24.1. The lowest BCUT2D eigenvalue weighted by Crippen LogP contribution is -2.12. The molecule has 0 aliphatic carbocycles. The number of hydrogen-bond acceptors (Lipinski definition) is 4. The summed E-state index contributed by atoms with van der Waals surface area (Å²) in [5.41, 5.74) is 0.442. The van der Waals surface area contributed by atoms with Crippen molar-refractivity contribution in [3.05, 3.63) is 34.1 Å². The van der Waals surface area contributed by atoms with Gasteiger partial charge < -0.3 is 5.11 Å². The van der Waals surface area contributed by atoms with Crippen LogP contribution in [0.4, 0.5) is 5.69 Å². The molecule has 1 heterocycles. The lowest BCUT2D eigenvalue weighted by atomic mass is 10.1. The molecule has 1 unspecified atom stereocenters. The Morgan fingerprint density at radius 2 is 2.33 bits per heavy atom. The fourth-order valence-electron chi connectivity index (χ4n) is 1.05. The molecule has 0 spiro atoms. The molecule has 1 aromatic rings. The highest BCUT2D eigenvalue weighted by atomic mass is 16.6. The van der Waals surface area contributed by atoms with Crippen molar-refractivity contribution in [3.8, 4) is 0 Å². The number of aliphatic carboxylic acids is 1. The molecule has 1 aromatic heterocycles. The fourth-order valence-corrected chi connectivity index (χ4v) is 1.05. The fraction of sp³-hybridized carbons (Fsp3) is 0.333. The molecule has 0 aliphatic rings. The summed E-state index contributed by atoms with van der Waals surface area (Å²) in [5, 5.41) is 19.0. The number of aromatic nitrogens is 1. The molecule has 0 fully saturated rings. The van der Waals surface area contributed by atoms with Gasteiger partial charge in [0.25, 0.3) is 5.69 Å². The monoisotopic (exact) mass is 210 g/mol. The van der Waals surface area contributed by atoms with Crippen LogP contribution >= 0.6 is 0 Å². The average molecular weight is 210 g/mol. The predicted octanol–water partition coefficient (Wildman–Crippen LogP) is 1.25. The van der Waals surface area contributed by atoms with Gasteiger partial charge in [0.15, 0.2) is 0 Å². The number of carboxylic acids is 1. The molecule has 0 saturated heterocycles. The van der Waals surface area contributed by atoms with Crippen molar-refractivity contribution in [2.75, 3.05) is 0 Å². The van der Waals surface area contributed by atoms with Crippen molar-refractivity contribution in [1.82, 2.24) is 4.98 Å². The lowest BCUT2D eigenvalue weighted by Gasteiger charge is -2.04. The standard InChI is InChI=1S/C9H10N2O4/c1-6(9(12)13)4-7-2-3-8(5-10-7)11(14)15/h2-3,5-6H,4H2,1H3,(H,12,13). The molecule has 6 heteroatoms. The summed E-state index contributed by atoms with van der Waals surface area (Å²) < 4.78 is 0. The minimum absolute atomic E-state index is 0.0956. The second-order valence-corrected chi connectivity index (χ2v) is 3.21. The molecule has 0 radical (unpaired) electrons.